The number of amidine groups is 1. The third-order valence-corrected chi connectivity index (χ3v) is 4.71. The van der Waals surface area contributed by atoms with E-state index in [2.05, 4.69) is 5.16 Å². The molecule has 0 radical (unpaired) electrons. The van der Waals surface area contributed by atoms with E-state index in [0.717, 1.165) is 25.7 Å². The maximum atomic E-state index is 13.0. The molecular weight excluding hydrogens is 272 g/mol. The lowest BCUT2D eigenvalue weighted by atomic mass is 9.77. The highest BCUT2D eigenvalue weighted by Gasteiger charge is 2.46. The minimum atomic E-state index is -0.943. The average Bonchev–Trinajstić information content (AvgIpc) is 2.75. The van der Waals surface area contributed by atoms with E-state index in [0.29, 0.717) is 25.9 Å². The van der Waals surface area contributed by atoms with Crippen LogP contribution in [-0.2, 0) is 9.59 Å². The summed E-state index contributed by atoms with van der Waals surface area (Å²) >= 11 is 0. The molecule has 118 valence electrons. The fourth-order valence-corrected chi connectivity index (χ4v) is 3.24. The Morgan fingerprint density at radius 3 is 2.38 bits per heavy atom. The highest BCUT2D eigenvalue weighted by atomic mass is 16.4. The van der Waals surface area contributed by atoms with Crippen LogP contribution >= 0.6 is 0 Å². The maximum Gasteiger partial charge on any atom is 0.241 e. The van der Waals surface area contributed by atoms with Gasteiger partial charge in [0.25, 0.3) is 0 Å². The number of rotatable bonds is 2. The van der Waals surface area contributed by atoms with Gasteiger partial charge in [0.15, 0.2) is 5.84 Å². The number of nitrogens with zero attached hydrogens (tertiary/aromatic N) is 3. The van der Waals surface area contributed by atoms with Crippen molar-refractivity contribution >= 4 is 17.6 Å². The molecule has 1 saturated carbocycles. The van der Waals surface area contributed by atoms with Crippen LogP contribution in [0.4, 0.5) is 0 Å². The van der Waals surface area contributed by atoms with E-state index in [1.165, 1.54) is 0 Å². The van der Waals surface area contributed by atoms with Crippen LogP contribution in [0.3, 0.4) is 0 Å². The molecule has 0 atom stereocenters. The molecule has 1 heterocycles. The van der Waals surface area contributed by atoms with Crippen molar-refractivity contribution in [1.29, 1.82) is 0 Å². The summed E-state index contributed by atoms with van der Waals surface area (Å²) in [7, 11) is 1.73. The molecule has 2 aliphatic rings. The first kappa shape index (κ1) is 15.6. The van der Waals surface area contributed by atoms with Crippen molar-refractivity contribution in [3.8, 4) is 0 Å². The van der Waals surface area contributed by atoms with Crippen LogP contribution in [0, 0.1) is 5.41 Å². The second-order valence-corrected chi connectivity index (χ2v) is 6.02. The fourth-order valence-electron chi connectivity index (χ4n) is 3.24. The van der Waals surface area contributed by atoms with Gasteiger partial charge < -0.3 is 20.7 Å². The molecule has 3 N–H and O–H groups in total. The lowest BCUT2D eigenvalue weighted by molar-refractivity contribution is -0.148. The highest BCUT2D eigenvalue weighted by Crippen LogP contribution is 2.37. The van der Waals surface area contributed by atoms with Crippen molar-refractivity contribution in [2.75, 3.05) is 26.7 Å². The van der Waals surface area contributed by atoms with Gasteiger partial charge in [-0.2, -0.15) is 0 Å². The topological polar surface area (TPSA) is 99.2 Å². The summed E-state index contributed by atoms with van der Waals surface area (Å²) < 4.78 is 0. The first-order valence-corrected chi connectivity index (χ1v) is 7.52. The number of amides is 2. The van der Waals surface area contributed by atoms with Crippen molar-refractivity contribution in [3.05, 3.63) is 0 Å². The second-order valence-electron chi connectivity index (χ2n) is 6.02. The summed E-state index contributed by atoms with van der Waals surface area (Å²) in [4.78, 5) is 28.0. The number of hydrogen-bond acceptors (Lipinski definition) is 4. The summed E-state index contributed by atoms with van der Waals surface area (Å²) in [6, 6.07) is 0. The van der Waals surface area contributed by atoms with Crippen LogP contribution in [0.25, 0.3) is 0 Å². The highest BCUT2D eigenvalue weighted by molar-refractivity contribution is 6.07. The van der Waals surface area contributed by atoms with Crippen molar-refractivity contribution in [2.24, 2.45) is 16.3 Å². The quantitative estimate of drug-likeness (QED) is 0.253. The molecule has 0 unspecified atom stereocenters. The van der Waals surface area contributed by atoms with Crippen LogP contribution in [0.15, 0.2) is 5.16 Å². The Labute approximate surface area is 124 Å². The first-order valence-electron chi connectivity index (χ1n) is 7.52. The van der Waals surface area contributed by atoms with E-state index in [-0.39, 0.29) is 24.2 Å². The van der Waals surface area contributed by atoms with Crippen molar-refractivity contribution in [2.45, 2.75) is 38.5 Å². The van der Waals surface area contributed by atoms with Gasteiger partial charge in [0.05, 0.1) is 6.54 Å². The standard InChI is InChI=1S/C14H24N4O3/c1-17-8-9-18(10-11(17)19)13(20)14(12(15)16-21)6-4-2-3-5-7-14/h21H,2-10H2,1H3,(H2,15,16). The van der Waals surface area contributed by atoms with E-state index in [1.807, 2.05) is 0 Å². The molecule has 1 aliphatic heterocycles. The van der Waals surface area contributed by atoms with Crippen LogP contribution < -0.4 is 5.73 Å². The molecule has 2 amide bonds. The van der Waals surface area contributed by atoms with Crippen molar-refractivity contribution < 1.29 is 14.8 Å². The summed E-state index contributed by atoms with van der Waals surface area (Å²) in [5.74, 6) is -0.250. The predicted octanol–water partition coefficient (Wildman–Crippen LogP) is 0.374. The van der Waals surface area contributed by atoms with Gasteiger partial charge in [-0.1, -0.05) is 30.8 Å². The second kappa shape index (κ2) is 6.32. The SMILES string of the molecule is CN1CCN(C(=O)C2(C(N)=NO)CCCCCC2)CC1=O. The molecule has 7 nitrogen and oxygen atoms in total. The molecule has 0 bridgehead atoms. The predicted molar refractivity (Wildman–Crippen MR) is 77.8 cm³/mol. The smallest absolute Gasteiger partial charge is 0.241 e. The van der Waals surface area contributed by atoms with E-state index in [1.54, 1.807) is 16.8 Å². The summed E-state index contributed by atoms with van der Waals surface area (Å²) in [6.07, 6.45) is 5.03. The molecule has 2 fully saturated rings. The summed E-state index contributed by atoms with van der Waals surface area (Å²) in [6.45, 7) is 1.11. The zero-order valence-electron chi connectivity index (χ0n) is 12.5. The number of carbonyl (C=O) groups excluding carboxylic acids is 2. The zero-order chi connectivity index (χ0) is 15.5. The Hall–Kier alpha value is -1.79. The molecule has 0 spiro atoms. The number of nitrogens with two attached hydrogens (primary N) is 1. The van der Waals surface area contributed by atoms with E-state index >= 15 is 0 Å². The van der Waals surface area contributed by atoms with Gasteiger partial charge in [0, 0.05) is 20.1 Å². The van der Waals surface area contributed by atoms with Gasteiger partial charge in [-0.3, -0.25) is 9.59 Å². The van der Waals surface area contributed by atoms with E-state index < -0.39 is 5.41 Å². The van der Waals surface area contributed by atoms with Crippen molar-refractivity contribution in [1.82, 2.24) is 9.80 Å². The minimum Gasteiger partial charge on any atom is -0.409 e. The molecule has 0 aromatic heterocycles. The Morgan fingerprint density at radius 2 is 1.86 bits per heavy atom. The number of likely N-dealkylation sites (N-methyl/N-ethyl adjacent to an activating group) is 1. The number of carbonyl (C=O) groups is 2. The van der Waals surface area contributed by atoms with Crippen LogP contribution in [-0.4, -0.2) is 59.3 Å². The first-order chi connectivity index (χ1) is 10.0. The van der Waals surface area contributed by atoms with E-state index in [4.69, 9.17) is 10.9 Å². The Bertz CT molecular complexity index is 442. The van der Waals surface area contributed by atoms with Gasteiger partial charge in [-0.25, -0.2) is 0 Å². The molecule has 1 saturated heterocycles. The molecular formula is C14H24N4O3. The fraction of sp³-hybridized carbons (Fsp3) is 0.786. The molecule has 0 aromatic carbocycles. The summed E-state index contributed by atoms with van der Waals surface area (Å²) in [5, 5.41) is 12.2. The maximum absolute atomic E-state index is 13.0. The average molecular weight is 296 g/mol. The Morgan fingerprint density at radius 1 is 1.24 bits per heavy atom. The van der Waals surface area contributed by atoms with Gasteiger partial charge in [-0.05, 0) is 12.8 Å². The molecule has 0 aromatic rings. The Kier molecular flexibility index (Phi) is 4.69. The normalized spacial score (nSPS) is 23.9. The number of oxime groups is 1. The summed E-state index contributed by atoms with van der Waals surface area (Å²) in [5.41, 5.74) is 4.94. The van der Waals surface area contributed by atoms with Gasteiger partial charge in [-0.15, -0.1) is 0 Å². The Balaban J connectivity index is 2.24. The lowest BCUT2D eigenvalue weighted by Gasteiger charge is -2.39. The van der Waals surface area contributed by atoms with Gasteiger partial charge >= 0.3 is 0 Å². The monoisotopic (exact) mass is 296 g/mol. The largest absolute Gasteiger partial charge is 0.409 e. The molecule has 2 rings (SSSR count). The number of piperazine rings is 1. The van der Waals surface area contributed by atoms with Crippen LogP contribution in [0.1, 0.15) is 38.5 Å². The minimum absolute atomic E-state index is 0.0132. The third kappa shape index (κ3) is 2.96. The van der Waals surface area contributed by atoms with Gasteiger partial charge in [0.2, 0.25) is 11.8 Å². The van der Waals surface area contributed by atoms with Crippen LogP contribution in [0.5, 0.6) is 0 Å². The van der Waals surface area contributed by atoms with Crippen molar-refractivity contribution in [3.63, 3.8) is 0 Å². The molecule has 21 heavy (non-hydrogen) atoms. The van der Waals surface area contributed by atoms with Crippen LogP contribution in [0.2, 0.25) is 0 Å². The third-order valence-electron chi connectivity index (χ3n) is 4.71. The molecule has 1 aliphatic carbocycles. The molecule has 7 heteroatoms. The zero-order valence-corrected chi connectivity index (χ0v) is 12.5. The van der Waals surface area contributed by atoms with Gasteiger partial charge in [0.1, 0.15) is 5.41 Å². The number of hydrogen-bond donors (Lipinski definition) is 2. The van der Waals surface area contributed by atoms with E-state index in [9.17, 15) is 9.59 Å². The lowest BCUT2D eigenvalue weighted by Crippen LogP contribution is -2.57.